The summed E-state index contributed by atoms with van der Waals surface area (Å²) < 4.78 is 68.0. The van der Waals surface area contributed by atoms with Crippen molar-refractivity contribution in [3.05, 3.63) is 65.1 Å². The van der Waals surface area contributed by atoms with Crippen molar-refractivity contribution in [1.29, 1.82) is 0 Å². The Hall–Kier alpha value is -2.72. The lowest BCUT2D eigenvalue weighted by atomic mass is 9.93. The van der Waals surface area contributed by atoms with Crippen LogP contribution in [0.3, 0.4) is 0 Å². The number of fused-ring (bicyclic) bond motifs is 1. The summed E-state index contributed by atoms with van der Waals surface area (Å²) in [6.45, 7) is 0. The predicted molar refractivity (Wildman–Crippen MR) is 102 cm³/mol. The zero-order valence-corrected chi connectivity index (χ0v) is 16.6. The van der Waals surface area contributed by atoms with Crippen LogP contribution in [-0.4, -0.2) is 24.3 Å². The van der Waals surface area contributed by atoms with E-state index in [1.165, 1.54) is 24.4 Å². The summed E-state index contributed by atoms with van der Waals surface area (Å²) in [7, 11) is -4.37. The molecule has 1 aliphatic rings. The van der Waals surface area contributed by atoms with Crippen molar-refractivity contribution in [1.82, 2.24) is 14.7 Å². The molecule has 0 saturated heterocycles. The highest BCUT2D eigenvalue weighted by molar-refractivity contribution is 7.90. The normalized spacial score (nSPS) is 15.7. The molecular weight excluding hydrogens is 443 g/mol. The zero-order chi connectivity index (χ0) is 21.7. The molecule has 4 rings (SSSR count). The Bertz CT molecular complexity index is 1270. The van der Waals surface area contributed by atoms with E-state index >= 15 is 0 Å². The van der Waals surface area contributed by atoms with Gasteiger partial charge in [-0.3, -0.25) is 9.78 Å². The number of aromatic nitrogens is 2. The second kappa shape index (κ2) is 6.92. The van der Waals surface area contributed by atoms with Crippen LogP contribution in [0, 0.1) is 0 Å². The highest BCUT2D eigenvalue weighted by Crippen LogP contribution is 2.52. The molecule has 0 aliphatic heterocycles. The Balaban J connectivity index is 1.73. The first-order valence-electron chi connectivity index (χ1n) is 8.69. The summed E-state index contributed by atoms with van der Waals surface area (Å²) in [6, 6.07) is 8.44. The molecule has 0 bridgehead atoms. The van der Waals surface area contributed by atoms with E-state index in [1.54, 1.807) is 12.1 Å². The molecule has 1 N–H and O–H groups in total. The van der Waals surface area contributed by atoms with Crippen molar-refractivity contribution >= 4 is 38.4 Å². The first-order chi connectivity index (χ1) is 14.0. The third-order valence-electron chi connectivity index (χ3n) is 4.95. The summed E-state index contributed by atoms with van der Waals surface area (Å²) >= 11 is 5.81. The molecule has 2 heterocycles. The first-order valence-corrected chi connectivity index (χ1v) is 10.5. The summed E-state index contributed by atoms with van der Waals surface area (Å²) in [6.07, 6.45) is -2.42. The number of sulfonamides is 1. The summed E-state index contributed by atoms with van der Waals surface area (Å²) in [4.78, 5) is 20.1. The van der Waals surface area contributed by atoms with E-state index in [2.05, 4.69) is 9.97 Å². The van der Waals surface area contributed by atoms with Gasteiger partial charge >= 0.3 is 6.18 Å². The fourth-order valence-electron chi connectivity index (χ4n) is 3.36. The molecule has 2 aromatic heterocycles. The van der Waals surface area contributed by atoms with Crippen LogP contribution in [0.25, 0.3) is 10.9 Å². The minimum atomic E-state index is -4.82. The van der Waals surface area contributed by atoms with Gasteiger partial charge in [-0.25, -0.2) is 18.1 Å². The Morgan fingerprint density at radius 3 is 2.53 bits per heavy atom. The van der Waals surface area contributed by atoms with Crippen LogP contribution in [0.5, 0.6) is 0 Å². The van der Waals surface area contributed by atoms with Crippen LogP contribution in [0.1, 0.15) is 24.1 Å². The van der Waals surface area contributed by atoms with Crippen molar-refractivity contribution < 1.29 is 26.4 Å². The minimum absolute atomic E-state index is 0.0382. The Morgan fingerprint density at radius 1 is 1.13 bits per heavy atom. The van der Waals surface area contributed by atoms with Gasteiger partial charge in [0, 0.05) is 17.8 Å². The lowest BCUT2D eigenvalue weighted by Gasteiger charge is -2.20. The third kappa shape index (κ3) is 3.50. The molecule has 0 radical (unpaired) electrons. The lowest BCUT2D eigenvalue weighted by molar-refractivity contribution is -0.142. The topological polar surface area (TPSA) is 89.0 Å². The first kappa shape index (κ1) is 20.5. The largest absolute Gasteiger partial charge is 0.433 e. The SMILES string of the molecule is O=C(NS(=O)(=O)c1cccc2ncccc12)C1(c2cc(Cl)cnc2C(F)(F)F)CC1. The summed E-state index contributed by atoms with van der Waals surface area (Å²) in [5.74, 6) is -1.06. The molecule has 6 nitrogen and oxygen atoms in total. The maximum Gasteiger partial charge on any atom is 0.433 e. The molecule has 0 spiro atoms. The molecule has 3 aromatic rings. The second-order valence-corrected chi connectivity index (χ2v) is 8.98. The van der Waals surface area contributed by atoms with Crippen LogP contribution < -0.4 is 4.72 Å². The number of hydrogen-bond donors (Lipinski definition) is 1. The van der Waals surface area contributed by atoms with Gasteiger partial charge in [0.25, 0.3) is 10.0 Å². The van der Waals surface area contributed by atoms with Crippen molar-refractivity contribution in [3.8, 4) is 0 Å². The van der Waals surface area contributed by atoms with E-state index in [0.29, 0.717) is 5.52 Å². The van der Waals surface area contributed by atoms with Crippen molar-refractivity contribution in [2.24, 2.45) is 0 Å². The van der Waals surface area contributed by atoms with E-state index in [1.807, 2.05) is 4.72 Å². The number of benzene rings is 1. The highest BCUT2D eigenvalue weighted by atomic mass is 35.5. The van der Waals surface area contributed by atoms with Crippen LogP contribution in [-0.2, 0) is 26.4 Å². The second-order valence-electron chi connectivity index (χ2n) is 6.89. The smallest absolute Gasteiger partial charge is 0.273 e. The molecule has 1 saturated carbocycles. The number of pyridine rings is 2. The van der Waals surface area contributed by atoms with Crippen LogP contribution in [0.4, 0.5) is 13.2 Å². The number of amides is 1. The monoisotopic (exact) mass is 455 g/mol. The van der Waals surface area contributed by atoms with E-state index in [-0.39, 0.29) is 28.1 Å². The molecular formula is C19H13ClF3N3O3S. The number of alkyl halides is 3. The third-order valence-corrected chi connectivity index (χ3v) is 6.54. The molecule has 1 fully saturated rings. The zero-order valence-electron chi connectivity index (χ0n) is 15.1. The quantitative estimate of drug-likeness (QED) is 0.645. The maximum atomic E-state index is 13.4. The van der Waals surface area contributed by atoms with Crippen molar-refractivity contribution in [3.63, 3.8) is 0 Å². The highest BCUT2D eigenvalue weighted by Gasteiger charge is 2.56. The molecule has 11 heteroatoms. The van der Waals surface area contributed by atoms with E-state index in [0.717, 1.165) is 12.3 Å². The molecule has 1 aromatic carbocycles. The van der Waals surface area contributed by atoms with Gasteiger partial charge in [0.15, 0.2) is 0 Å². The maximum absolute atomic E-state index is 13.4. The fourth-order valence-corrected chi connectivity index (χ4v) is 4.78. The molecule has 1 amide bonds. The average Bonchev–Trinajstić information content (AvgIpc) is 3.48. The lowest BCUT2D eigenvalue weighted by Crippen LogP contribution is -2.40. The van der Waals surface area contributed by atoms with Crippen LogP contribution >= 0.6 is 11.6 Å². The number of carbonyl (C=O) groups is 1. The molecule has 0 unspecified atom stereocenters. The number of halogens is 4. The van der Waals surface area contributed by atoms with Crippen LogP contribution in [0.15, 0.2) is 53.7 Å². The molecule has 156 valence electrons. The van der Waals surface area contributed by atoms with Gasteiger partial charge in [-0.2, -0.15) is 13.2 Å². The number of hydrogen-bond acceptors (Lipinski definition) is 5. The standard InChI is InChI=1S/C19H13ClF3N3O3S/c20-11-9-13(16(25-10-11)19(21,22)23)18(6-7-18)17(27)26-30(28,29)15-5-1-4-14-12(15)3-2-8-24-14/h1-5,8-10H,6-7H2,(H,26,27). The van der Waals surface area contributed by atoms with E-state index in [4.69, 9.17) is 11.6 Å². The van der Waals surface area contributed by atoms with Crippen molar-refractivity contribution in [2.45, 2.75) is 29.3 Å². The summed E-state index contributed by atoms with van der Waals surface area (Å²) in [5.41, 5.74) is -2.97. The van der Waals surface area contributed by atoms with Gasteiger partial charge in [0.2, 0.25) is 5.91 Å². The Kier molecular flexibility index (Phi) is 4.74. The number of rotatable bonds is 4. The van der Waals surface area contributed by atoms with Gasteiger partial charge in [-0.1, -0.05) is 17.7 Å². The molecule has 0 atom stereocenters. The van der Waals surface area contributed by atoms with Crippen LogP contribution in [0.2, 0.25) is 5.02 Å². The van der Waals surface area contributed by atoms with Gasteiger partial charge in [0.1, 0.15) is 5.69 Å². The van der Waals surface area contributed by atoms with Gasteiger partial charge in [-0.05, 0) is 48.7 Å². The van der Waals surface area contributed by atoms with Gasteiger partial charge in [0.05, 0.1) is 20.8 Å². The average molecular weight is 456 g/mol. The fraction of sp³-hybridized carbons (Fsp3) is 0.211. The van der Waals surface area contributed by atoms with E-state index in [9.17, 15) is 26.4 Å². The van der Waals surface area contributed by atoms with Gasteiger partial charge in [-0.15, -0.1) is 0 Å². The van der Waals surface area contributed by atoms with Crippen molar-refractivity contribution in [2.75, 3.05) is 0 Å². The number of nitrogens with one attached hydrogen (secondary N) is 1. The molecule has 1 aliphatic carbocycles. The minimum Gasteiger partial charge on any atom is -0.273 e. The predicted octanol–water partition coefficient (Wildman–Crippen LogP) is 3.84. The Morgan fingerprint density at radius 2 is 1.87 bits per heavy atom. The number of nitrogens with zero attached hydrogens (tertiary/aromatic N) is 2. The van der Waals surface area contributed by atoms with Gasteiger partial charge < -0.3 is 0 Å². The molecule has 30 heavy (non-hydrogen) atoms. The van der Waals surface area contributed by atoms with E-state index < -0.39 is 38.8 Å². The summed E-state index contributed by atoms with van der Waals surface area (Å²) in [5, 5.41) is 0.200. The number of carbonyl (C=O) groups excluding carboxylic acids is 1. The Labute approximate surface area is 174 Å².